The van der Waals surface area contributed by atoms with E-state index in [9.17, 15) is 0 Å². The summed E-state index contributed by atoms with van der Waals surface area (Å²) in [5.74, 6) is 1.31. The molecule has 21 heavy (non-hydrogen) atoms. The largest absolute Gasteiger partial charge is 0.474 e. The summed E-state index contributed by atoms with van der Waals surface area (Å²) in [6, 6.07) is 10.1. The van der Waals surface area contributed by atoms with E-state index in [1.165, 1.54) is 0 Å². The first-order chi connectivity index (χ1) is 10.2. The molecule has 0 radical (unpaired) electrons. The fourth-order valence-electron chi connectivity index (χ4n) is 2.00. The molecule has 0 fully saturated rings. The number of nitrogens with zero attached hydrogens (tertiary/aromatic N) is 3. The number of para-hydroxylation sites is 1. The highest BCUT2D eigenvalue weighted by Crippen LogP contribution is 2.24. The summed E-state index contributed by atoms with van der Waals surface area (Å²) in [6.07, 6.45) is 4.33. The van der Waals surface area contributed by atoms with Crippen molar-refractivity contribution in [2.24, 2.45) is 5.73 Å². The molecule has 0 aliphatic carbocycles. The van der Waals surface area contributed by atoms with Gasteiger partial charge in [0.25, 0.3) is 0 Å². The van der Waals surface area contributed by atoms with Gasteiger partial charge in [0.05, 0.1) is 18.5 Å². The maximum atomic E-state index is 5.64. The molecule has 2 rings (SSSR count). The van der Waals surface area contributed by atoms with Gasteiger partial charge in [0.2, 0.25) is 5.88 Å². The summed E-state index contributed by atoms with van der Waals surface area (Å²) in [5, 5.41) is 0. The summed E-state index contributed by atoms with van der Waals surface area (Å²) >= 11 is 0. The van der Waals surface area contributed by atoms with Gasteiger partial charge in [-0.15, -0.1) is 0 Å². The second kappa shape index (κ2) is 7.59. The third-order valence-electron chi connectivity index (χ3n) is 2.89. The van der Waals surface area contributed by atoms with E-state index in [0.29, 0.717) is 12.4 Å². The molecule has 2 N–H and O–H groups in total. The fourth-order valence-corrected chi connectivity index (χ4v) is 2.00. The number of ether oxygens (including phenoxy) is 1. The van der Waals surface area contributed by atoms with Crippen molar-refractivity contribution >= 4 is 11.5 Å². The zero-order valence-electron chi connectivity index (χ0n) is 12.6. The zero-order valence-corrected chi connectivity index (χ0v) is 12.6. The molecule has 1 aromatic heterocycles. The lowest BCUT2D eigenvalue weighted by Gasteiger charge is -2.23. The predicted molar refractivity (Wildman–Crippen MR) is 84.9 cm³/mol. The molecule has 5 nitrogen and oxygen atoms in total. The van der Waals surface area contributed by atoms with Crippen LogP contribution >= 0.6 is 0 Å². The maximum absolute atomic E-state index is 5.64. The Morgan fingerprint density at radius 1 is 1.19 bits per heavy atom. The Balaban J connectivity index is 2.28. The molecular formula is C16H22N4O. The third kappa shape index (κ3) is 4.43. The van der Waals surface area contributed by atoms with Gasteiger partial charge in [-0.05, 0) is 38.9 Å². The molecule has 0 unspecified atom stereocenters. The molecule has 0 atom stereocenters. The SMILES string of the molecule is CC(C)Oc1cncc(N(CCCN)c2ccccc2)n1. The van der Waals surface area contributed by atoms with Gasteiger partial charge in [0, 0.05) is 12.2 Å². The van der Waals surface area contributed by atoms with Crippen LogP contribution in [0, 0.1) is 0 Å². The number of benzene rings is 1. The number of nitrogens with two attached hydrogens (primary N) is 1. The number of aromatic nitrogens is 2. The molecule has 0 saturated heterocycles. The first kappa shape index (κ1) is 15.3. The number of anilines is 2. The van der Waals surface area contributed by atoms with Crippen molar-refractivity contribution in [1.82, 2.24) is 9.97 Å². The van der Waals surface area contributed by atoms with Crippen molar-refractivity contribution in [3.8, 4) is 5.88 Å². The van der Waals surface area contributed by atoms with Crippen LogP contribution in [-0.4, -0.2) is 29.2 Å². The molecule has 0 saturated carbocycles. The number of hydrogen-bond acceptors (Lipinski definition) is 5. The van der Waals surface area contributed by atoms with Gasteiger partial charge < -0.3 is 15.4 Å². The summed E-state index contributed by atoms with van der Waals surface area (Å²) in [5.41, 5.74) is 6.71. The van der Waals surface area contributed by atoms with Gasteiger partial charge in [-0.2, -0.15) is 4.98 Å². The van der Waals surface area contributed by atoms with Crippen LogP contribution in [0.15, 0.2) is 42.7 Å². The Morgan fingerprint density at radius 3 is 2.62 bits per heavy atom. The Bertz CT molecular complexity index is 545. The normalized spacial score (nSPS) is 10.7. The van der Waals surface area contributed by atoms with Gasteiger partial charge in [0.1, 0.15) is 0 Å². The lowest BCUT2D eigenvalue weighted by Crippen LogP contribution is -2.22. The van der Waals surface area contributed by atoms with E-state index in [4.69, 9.17) is 10.5 Å². The highest BCUT2D eigenvalue weighted by molar-refractivity contribution is 5.59. The Kier molecular flexibility index (Phi) is 5.51. The van der Waals surface area contributed by atoms with E-state index >= 15 is 0 Å². The smallest absolute Gasteiger partial charge is 0.234 e. The third-order valence-corrected chi connectivity index (χ3v) is 2.89. The average molecular weight is 286 g/mol. The lowest BCUT2D eigenvalue weighted by atomic mass is 10.2. The van der Waals surface area contributed by atoms with Crippen molar-refractivity contribution in [1.29, 1.82) is 0 Å². The van der Waals surface area contributed by atoms with Gasteiger partial charge in [-0.3, -0.25) is 4.98 Å². The first-order valence-electron chi connectivity index (χ1n) is 7.22. The van der Waals surface area contributed by atoms with E-state index in [1.807, 2.05) is 44.2 Å². The van der Waals surface area contributed by atoms with Crippen molar-refractivity contribution < 1.29 is 4.74 Å². The quantitative estimate of drug-likeness (QED) is 0.848. The lowest BCUT2D eigenvalue weighted by molar-refractivity contribution is 0.232. The molecule has 0 aliphatic rings. The second-order valence-corrected chi connectivity index (χ2v) is 5.01. The molecule has 1 aromatic carbocycles. The van der Waals surface area contributed by atoms with Crippen LogP contribution in [0.5, 0.6) is 5.88 Å². The average Bonchev–Trinajstić information content (AvgIpc) is 2.48. The first-order valence-corrected chi connectivity index (χ1v) is 7.22. The molecule has 2 aromatic rings. The van der Waals surface area contributed by atoms with Gasteiger partial charge in [-0.1, -0.05) is 18.2 Å². The Hall–Kier alpha value is -2.14. The molecule has 0 amide bonds. The second-order valence-electron chi connectivity index (χ2n) is 5.01. The molecule has 1 heterocycles. The van der Waals surface area contributed by atoms with E-state index in [1.54, 1.807) is 12.4 Å². The van der Waals surface area contributed by atoms with Crippen LogP contribution in [-0.2, 0) is 0 Å². The van der Waals surface area contributed by atoms with Crippen LogP contribution in [0.3, 0.4) is 0 Å². The van der Waals surface area contributed by atoms with Crippen LogP contribution in [0.25, 0.3) is 0 Å². The van der Waals surface area contributed by atoms with E-state index in [0.717, 1.165) is 24.5 Å². The monoisotopic (exact) mass is 286 g/mol. The molecule has 0 bridgehead atoms. The molecule has 5 heteroatoms. The van der Waals surface area contributed by atoms with Crippen molar-refractivity contribution in [3.05, 3.63) is 42.7 Å². The summed E-state index contributed by atoms with van der Waals surface area (Å²) in [4.78, 5) is 10.9. The van der Waals surface area contributed by atoms with E-state index in [2.05, 4.69) is 14.9 Å². The number of hydrogen-bond donors (Lipinski definition) is 1. The van der Waals surface area contributed by atoms with Crippen molar-refractivity contribution in [3.63, 3.8) is 0 Å². The number of rotatable bonds is 7. The summed E-state index contributed by atoms with van der Waals surface area (Å²) in [7, 11) is 0. The minimum atomic E-state index is 0.0729. The summed E-state index contributed by atoms with van der Waals surface area (Å²) < 4.78 is 5.62. The summed E-state index contributed by atoms with van der Waals surface area (Å²) in [6.45, 7) is 5.37. The van der Waals surface area contributed by atoms with Gasteiger partial charge >= 0.3 is 0 Å². The van der Waals surface area contributed by atoms with E-state index < -0.39 is 0 Å². The highest BCUT2D eigenvalue weighted by Gasteiger charge is 2.12. The van der Waals surface area contributed by atoms with Crippen LogP contribution in [0.1, 0.15) is 20.3 Å². The zero-order chi connectivity index (χ0) is 15.1. The molecule has 0 spiro atoms. The highest BCUT2D eigenvalue weighted by atomic mass is 16.5. The van der Waals surface area contributed by atoms with Gasteiger partial charge in [0.15, 0.2) is 5.82 Å². The Morgan fingerprint density at radius 2 is 1.95 bits per heavy atom. The minimum Gasteiger partial charge on any atom is -0.474 e. The topological polar surface area (TPSA) is 64.3 Å². The molecule has 112 valence electrons. The van der Waals surface area contributed by atoms with Crippen LogP contribution < -0.4 is 15.4 Å². The molecule has 0 aliphatic heterocycles. The maximum Gasteiger partial charge on any atom is 0.234 e. The minimum absolute atomic E-state index is 0.0729. The van der Waals surface area contributed by atoms with Crippen LogP contribution in [0.2, 0.25) is 0 Å². The van der Waals surface area contributed by atoms with Crippen molar-refractivity contribution in [2.75, 3.05) is 18.0 Å². The van der Waals surface area contributed by atoms with Crippen LogP contribution in [0.4, 0.5) is 11.5 Å². The van der Waals surface area contributed by atoms with Gasteiger partial charge in [-0.25, -0.2) is 0 Å². The predicted octanol–water partition coefficient (Wildman–Crippen LogP) is 2.75. The fraction of sp³-hybridized carbons (Fsp3) is 0.375. The van der Waals surface area contributed by atoms with Crippen molar-refractivity contribution in [2.45, 2.75) is 26.4 Å². The standard InChI is InChI=1S/C16H22N4O/c1-13(2)21-16-12-18-11-15(19-16)20(10-6-9-17)14-7-4-3-5-8-14/h3-5,7-8,11-13H,6,9-10,17H2,1-2H3. The van der Waals surface area contributed by atoms with E-state index in [-0.39, 0.29) is 6.10 Å². The molecular weight excluding hydrogens is 264 g/mol. The Labute approximate surface area is 125 Å².